The number of unbranched alkanes of at least 4 members (excludes halogenated alkanes) is 2. The number of aromatic nitrogens is 3. The highest BCUT2D eigenvalue weighted by molar-refractivity contribution is 5.96. The number of hydroxylamine groups is 1. The third-order valence-electron chi connectivity index (χ3n) is 4.38. The average Bonchev–Trinajstić information content (AvgIpc) is 3.27. The van der Waals surface area contributed by atoms with E-state index in [2.05, 4.69) is 27.4 Å². The molecular weight excluding hydrogens is 388 g/mol. The van der Waals surface area contributed by atoms with Crippen LogP contribution in [0.3, 0.4) is 0 Å². The van der Waals surface area contributed by atoms with Crippen LogP contribution in [0, 0.1) is 0 Å². The molecule has 0 aliphatic heterocycles. The van der Waals surface area contributed by atoms with Crippen LogP contribution in [0.2, 0.25) is 0 Å². The van der Waals surface area contributed by atoms with Gasteiger partial charge in [-0.25, -0.2) is 9.78 Å². The number of ether oxygens (including phenoxy) is 2. The summed E-state index contributed by atoms with van der Waals surface area (Å²) in [7, 11) is 1.57. The first-order valence-corrected chi connectivity index (χ1v) is 9.69. The second-order valence-corrected chi connectivity index (χ2v) is 6.62. The summed E-state index contributed by atoms with van der Waals surface area (Å²) in [5.41, 5.74) is 3.52. The Balaban J connectivity index is 1.69. The highest BCUT2D eigenvalue weighted by Gasteiger charge is 2.16. The summed E-state index contributed by atoms with van der Waals surface area (Å²) in [5.74, 6) is -0.0794. The third-order valence-corrected chi connectivity index (χ3v) is 4.38. The standard InChI is InChI=1S/C21H24N4O5/c1-3-4-5-8-29-20-17(28-2)7-6-14-9-15(11-23-19(14)20)21(27)30-25-18(26)10-16-12-22-13-24-16/h6-7,9,11-13H,3-5,8,10H2,1-2H3,(H,22,24)(H,25,26). The van der Waals surface area contributed by atoms with Gasteiger partial charge < -0.3 is 19.3 Å². The first-order chi connectivity index (χ1) is 14.6. The van der Waals surface area contributed by atoms with Gasteiger partial charge in [0.25, 0.3) is 5.91 Å². The highest BCUT2D eigenvalue weighted by atomic mass is 16.7. The summed E-state index contributed by atoms with van der Waals surface area (Å²) in [4.78, 5) is 40.0. The molecule has 0 radical (unpaired) electrons. The Morgan fingerprint density at radius 1 is 1.20 bits per heavy atom. The van der Waals surface area contributed by atoms with Crippen molar-refractivity contribution in [2.45, 2.75) is 32.6 Å². The number of hydrogen-bond donors (Lipinski definition) is 2. The van der Waals surface area contributed by atoms with Crippen LogP contribution in [-0.4, -0.2) is 40.5 Å². The van der Waals surface area contributed by atoms with Crippen molar-refractivity contribution in [3.8, 4) is 11.5 Å². The molecule has 0 atom stereocenters. The molecule has 30 heavy (non-hydrogen) atoms. The van der Waals surface area contributed by atoms with Crippen LogP contribution in [0.25, 0.3) is 10.9 Å². The van der Waals surface area contributed by atoms with E-state index in [1.165, 1.54) is 18.7 Å². The fourth-order valence-electron chi connectivity index (χ4n) is 2.85. The summed E-state index contributed by atoms with van der Waals surface area (Å²) in [6, 6.07) is 5.18. The van der Waals surface area contributed by atoms with Gasteiger partial charge in [-0.1, -0.05) is 19.8 Å². The first kappa shape index (κ1) is 21.1. The Hall–Kier alpha value is -3.62. The number of hydrogen-bond acceptors (Lipinski definition) is 7. The van der Waals surface area contributed by atoms with Crippen molar-refractivity contribution in [3.63, 3.8) is 0 Å². The minimum Gasteiger partial charge on any atom is -0.493 e. The van der Waals surface area contributed by atoms with E-state index in [0.29, 0.717) is 34.7 Å². The number of aromatic amines is 1. The Morgan fingerprint density at radius 2 is 2.07 bits per heavy atom. The van der Waals surface area contributed by atoms with Gasteiger partial charge in [-0.3, -0.25) is 9.78 Å². The zero-order valence-electron chi connectivity index (χ0n) is 16.9. The van der Waals surface area contributed by atoms with Gasteiger partial charge in [0.15, 0.2) is 11.5 Å². The van der Waals surface area contributed by atoms with Gasteiger partial charge >= 0.3 is 5.97 Å². The number of carbonyl (C=O) groups is 2. The zero-order valence-corrected chi connectivity index (χ0v) is 16.9. The number of fused-ring (bicyclic) bond motifs is 1. The molecule has 2 aromatic heterocycles. The fraction of sp³-hybridized carbons (Fsp3) is 0.333. The van der Waals surface area contributed by atoms with Gasteiger partial charge in [-0.2, -0.15) is 5.48 Å². The summed E-state index contributed by atoms with van der Waals surface area (Å²) >= 11 is 0. The fourth-order valence-corrected chi connectivity index (χ4v) is 2.85. The number of pyridine rings is 1. The van der Waals surface area contributed by atoms with E-state index in [0.717, 1.165) is 19.3 Å². The van der Waals surface area contributed by atoms with E-state index in [1.807, 2.05) is 0 Å². The van der Waals surface area contributed by atoms with Crippen molar-refractivity contribution in [2.75, 3.05) is 13.7 Å². The molecule has 0 aliphatic carbocycles. The molecule has 2 heterocycles. The molecule has 3 rings (SSSR count). The van der Waals surface area contributed by atoms with Crippen molar-refractivity contribution < 1.29 is 23.9 Å². The molecule has 1 aromatic carbocycles. The maximum atomic E-state index is 12.3. The smallest absolute Gasteiger partial charge is 0.364 e. The molecule has 0 saturated carbocycles. The SMILES string of the molecule is CCCCCOc1c(OC)ccc2cc(C(=O)ONC(=O)Cc3cnc[nH]3)cnc12. The molecule has 9 nitrogen and oxygen atoms in total. The number of methoxy groups -OCH3 is 1. The van der Waals surface area contributed by atoms with Crippen LogP contribution in [0.15, 0.2) is 36.9 Å². The lowest BCUT2D eigenvalue weighted by molar-refractivity contribution is -0.129. The quantitative estimate of drug-likeness (QED) is 0.410. The number of benzene rings is 1. The minimum absolute atomic E-state index is 0.0156. The molecule has 0 unspecified atom stereocenters. The van der Waals surface area contributed by atoms with Crippen LogP contribution in [-0.2, 0) is 16.1 Å². The number of amides is 1. The number of nitrogens with zero attached hydrogens (tertiary/aromatic N) is 2. The van der Waals surface area contributed by atoms with Crippen molar-refractivity contribution in [1.29, 1.82) is 0 Å². The van der Waals surface area contributed by atoms with Crippen molar-refractivity contribution in [1.82, 2.24) is 20.4 Å². The predicted molar refractivity (Wildman–Crippen MR) is 109 cm³/mol. The Bertz CT molecular complexity index is 1000. The van der Waals surface area contributed by atoms with Gasteiger partial charge in [0.05, 0.1) is 32.0 Å². The van der Waals surface area contributed by atoms with Crippen LogP contribution in [0.5, 0.6) is 11.5 Å². The summed E-state index contributed by atoms with van der Waals surface area (Å²) in [6.45, 7) is 2.68. The normalized spacial score (nSPS) is 10.6. The van der Waals surface area contributed by atoms with Crippen molar-refractivity contribution in [2.24, 2.45) is 0 Å². The number of carbonyl (C=O) groups excluding carboxylic acids is 2. The predicted octanol–water partition coefficient (Wildman–Crippen LogP) is 2.97. The molecule has 0 fully saturated rings. The van der Waals surface area contributed by atoms with Crippen LogP contribution < -0.4 is 15.0 Å². The van der Waals surface area contributed by atoms with E-state index < -0.39 is 11.9 Å². The number of rotatable bonds is 9. The molecule has 158 valence electrons. The lowest BCUT2D eigenvalue weighted by Crippen LogP contribution is -2.28. The molecule has 0 bridgehead atoms. The summed E-state index contributed by atoms with van der Waals surface area (Å²) < 4.78 is 11.3. The van der Waals surface area contributed by atoms with E-state index in [1.54, 1.807) is 25.3 Å². The lowest BCUT2D eigenvalue weighted by atomic mass is 10.1. The number of nitrogens with one attached hydrogen (secondary N) is 2. The lowest BCUT2D eigenvalue weighted by Gasteiger charge is -2.13. The Labute approximate surface area is 173 Å². The number of imidazole rings is 1. The molecular formula is C21H24N4O5. The third kappa shape index (κ3) is 5.25. The van der Waals surface area contributed by atoms with E-state index >= 15 is 0 Å². The van der Waals surface area contributed by atoms with Crippen LogP contribution >= 0.6 is 0 Å². The molecule has 0 saturated heterocycles. The van der Waals surface area contributed by atoms with Gasteiger partial charge in [-0.05, 0) is 24.6 Å². The number of H-pyrrole nitrogens is 1. The Kier molecular flexibility index (Phi) is 7.20. The monoisotopic (exact) mass is 412 g/mol. The van der Waals surface area contributed by atoms with Crippen LogP contribution in [0.1, 0.15) is 42.2 Å². The molecule has 1 amide bonds. The minimum atomic E-state index is -0.719. The second-order valence-electron chi connectivity index (χ2n) is 6.62. The van der Waals surface area contributed by atoms with E-state index in [-0.39, 0.29) is 12.0 Å². The summed E-state index contributed by atoms with van der Waals surface area (Å²) in [5, 5.41) is 0.694. The van der Waals surface area contributed by atoms with Gasteiger partial charge in [0, 0.05) is 23.5 Å². The van der Waals surface area contributed by atoms with E-state index in [4.69, 9.17) is 14.3 Å². The largest absolute Gasteiger partial charge is 0.493 e. The second kappa shape index (κ2) is 10.2. The zero-order chi connectivity index (χ0) is 21.3. The molecule has 9 heteroatoms. The molecule has 0 spiro atoms. The highest BCUT2D eigenvalue weighted by Crippen LogP contribution is 2.34. The first-order valence-electron chi connectivity index (χ1n) is 9.69. The Morgan fingerprint density at radius 3 is 2.80 bits per heavy atom. The van der Waals surface area contributed by atoms with Gasteiger partial charge in [-0.15, -0.1) is 0 Å². The van der Waals surface area contributed by atoms with E-state index in [9.17, 15) is 9.59 Å². The average molecular weight is 412 g/mol. The topological polar surface area (TPSA) is 115 Å². The van der Waals surface area contributed by atoms with Crippen LogP contribution in [0.4, 0.5) is 0 Å². The van der Waals surface area contributed by atoms with Gasteiger partial charge in [0.1, 0.15) is 5.52 Å². The van der Waals surface area contributed by atoms with Gasteiger partial charge in [0.2, 0.25) is 0 Å². The maximum absolute atomic E-state index is 12.3. The molecule has 2 N–H and O–H groups in total. The van der Waals surface area contributed by atoms with Crippen molar-refractivity contribution >= 4 is 22.8 Å². The van der Waals surface area contributed by atoms with Crippen molar-refractivity contribution in [3.05, 3.63) is 48.2 Å². The summed E-state index contributed by atoms with van der Waals surface area (Å²) in [6.07, 6.45) is 7.47. The molecule has 0 aliphatic rings. The molecule has 3 aromatic rings. The maximum Gasteiger partial charge on any atom is 0.364 e.